The highest BCUT2D eigenvalue weighted by molar-refractivity contribution is 5.64. The number of hydrogen-bond donors (Lipinski definition) is 1. The van der Waals surface area contributed by atoms with Crippen molar-refractivity contribution in [3.05, 3.63) is 41.1 Å². The Morgan fingerprint density at radius 2 is 1.85 bits per heavy atom. The topological polar surface area (TPSA) is 59.5 Å². The van der Waals surface area contributed by atoms with Gasteiger partial charge in [0.05, 0.1) is 13.2 Å². The highest BCUT2D eigenvalue weighted by Crippen LogP contribution is 2.33. The van der Waals surface area contributed by atoms with Crippen LogP contribution in [0.25, 0.3) is 0 Å². The molecular weight excluding hydrogens is 340 g/mol. The molecule has 0 amide bonds. The third-order valence-corrected chi connectivity index (χ3v) is 5.48. The van der Waals surface area contributed by atoms with E-state index in [0.717, 1.165) is 49.6 Å². The molecule has 6 heteroatoms. The summed E-state index contributed by atoms with van der Waals surface area (Å²) in [5.74, 6) is 1.25. The molecule has 144 valence electrons. The van der Waals surface area contributed by atoms with Gasteiger partial charge in [-0.3, -0.25) is 0 Å². The highest BCUT2D eigenvalue weighted by Gasteiger charge is 2.40. The zero-order chi connectivity index (χ0) is 18.9. The van der Waals surface area contributed by atoms with Crippen molar-refractivity contribution in [2.24, 2.45) is 0 Å². The lowest BCUT2D eigenvalue weighted by Crippen LogP contribution is -2.45. The van der Waals surface area contributed by atoms with Crippen LogP contribution in [0.4, 0.5) is 17.5 Å². The Hall–Kier alpha value is -2.18. The molecule has 4 rings (SSSR count). The zero-order valence-corrected chi connectivity index (χ0v) is 16.4. The van der Waals surface area contributed by atoms with Crippen LogP contribution in [0.5, 0.6) is 0 Å². The summed E-state index contributed by atoms with van der Waals surface area (Å²) >= 11 is 0. The van der Waals surface area contributed by atoms with Crippen molar-refractivity contribution in [3.63, 3.8) is 0 Å². The van der Waals surface area contributed by atoms with Gasteiger partial charge < -0.3 is 19.7 Å². The van der Waals surface area contributed by atoms with Gasteiger partial charge in [-0.2, -0.15) is 4.98 Å². The number of aromatic nitrogens is 2. The Kier molecular flexibility index (Phi) is 5.02. The van der Waals surface area contributed by atoms with E-state index in [4.69, 9.17) is 14.5 Å². The first-order chi connectivity index (χ1) is 13.1. The molecule has 0 saturated carbocycles. The molecule has 2 fully saturated rings. The van der Waals surface area contributed by atoms with E-state index in [1.54, 1.807) is 0 Å². The number of hydrogen-bond acceptors (Lipinski definition) is 6. The van der Waals surface area contributed by atoms with Gasteiger partial charge in [0.25, 0.3) is 0 Å². The molecule has 0 aliphatic carbocycles. The number of piperidine rings is 1. The van der Waals surface area contributed by atoms with Crippen LogP contribution in [0.1, 0.15) is 36.6 Å². The molecule has 3 heterocycles. The van der Waals surface area contributed by atoms with Gasteiger partial charge in [0.1, 0.15) is 5.82 Å². The van der Waals surface area contributed by atoms with Crippen molar-refractivity contribution in [2.45, 2.75) is 45.8 Å². The molecule has 27 heavy (non-hydrogen) atoms. The van der Waals surface area contributed by atoms with E-state index in [0.29, 0.717) is 19.2 Å². The Balaban J connectivity index is 1.54. The third-order valence-electron chi connectivity index (χ3n) is 5.48. The largest absolute Gasteiger partial charge is 0.356 e. The maximum Gasteiger partial charge on any atom is 0.229 e. The minimum Gasteiger partial charge on any atom is -0.356 e. The Morgan fingerprint density at radius 1 is 1.11 bits per heavy atom. The van der Waals surface area contributed by atoms with Crippen LogP contribution in [0.2, 0.25) is 0 Å². The van der Waals surface area contributed by atoms with Gasteiger partial charge in [0.2, 0.25) is 5.95 Å². The molecule has 1 aromatic heterocycles. The van der Waals surface area contributed by atoms with Crippen molar-refractivity contribution >= 4 is 17.5 Å². The zero-order valence-electron chi connectivity index (χ0n) is 16.4. The maximum atomic E-state index is 5.84. The summed E-state index contributed by atoms with van der Waals surface area (Å²) in [5.41, 5.74) is 4.55. The standard InChI is InChI=1S/C21H28N4O2/c1-4-17-7-5-6-15(2)19(17)24-20-22-16(3)14-18(23-20)25-10-8-21(9-11-25)26-12-13-27-21/h5-7,14H,4,8-13H2,1-3H3,(H,22,23,24). The number of anilines is 3. The van der Waals surface area contributed by atoms with Crippen LogP contribution in [0.3, 0.4) is 0 Å². The summed E-state index contributed by atoms with van der Waals surface area (Å²) in [6.07, 6.45) is 2.71. The van der Waals surface area contributed by atoms with Crippen LogP contribution in [-0.2, 0) is 15.9 Å². The number of aryl methyl sites for hydroxylation is 3. The summed E-state index contributed by atoms with van der Waals surface area (Å²) in [4.78, 5) is 11.7. The van der Waals surface area contributed by atoms with Crippen molar-refractivity contribution in [2.75, 3.05) is 36.5 Å². The van der Waals surface area contributed by atoms with Gasteiger partial charge in [0, 0.05) is 43.4 Å². The maximum absolute atomic E-state index is 5.84. The first kappa shape index (κ1) is 18.2. The lowest BCUT2D eigenvalue weighted by molar-refractivity contribution is -0.169. The average molecular weight is 368 g/mol. The second kappa shape index (κ2) is 7.44. The summed E-state index contributed by atoms with van der Waals surface area (Å²) < 4.78 is 11.7. The summed E-state index contributed by atoms with van der Waals surface area (Å²) in [6, 6.07) is 8.42. The molecule has 6 nitrogen and oxygen atoms in total. The van der Waals surface area contributed by atoms with E-state index in [2.05, 4.69) is 53.3 Å². The van der Waals surface area contributed by atoms with Gasteiger partial charge >= 0.3 is 0 Å². The van der Waals surface area contributed by atoms with Crippen LogP contribution in [0.15, 0.2) is 24.3 Å². The average Bonchev–Trinajstić information content (AvgIpc) is 3.11. The SMILES string of the molecule is CCc1cccc(C)c1Nc1nc(C)cc(N2CCC3(CC2)OCCO3)n1. The monoisotopic (exact) mass is 368 g/mol. The molecular formula is C21H28N4O2. The van der Waals surface area contributed by atoms with Gasteiger partial charge in [-0.15, -0.1) is 0 Å². The van der Waals surface area contributed by atoms with Crippen LogP contribution in [0, 0.1) is 13.8 Å². The highest BCUT2D eigenvalue weighted by atomic mass is 16.7. The van der Waals surface area contributed by atoms with E-state index >= 15 is 0 Å². The third kappa shape index (κ3) is 3.77. The molecule has 2 saturated heterocycles. The Bertz CT molecular complexity index is 808. The van der Waals surface area contributed by atoms with Crippen LogP contribution >= 0.6 is 0 Å². The predicted octanol–water partition coefficient (Wildman–Crippen LogP) is 3.74. The molecule has 2 aliphatic heterocycles. The first-order valence-electron chi connectivity index (χ1n) is 9.83. The number of ether oxygens (including phenoxy) is 2. The summed E-state index contributed by atoms with van der Waals surface area (Å²) in [5, 5.41) is 3.46. The number of benzene rings is 1. The molecule has 2 aromatic rings. The van der Waals surface area contributed by atoms with E-state index < -0.39 is 0 Å². The van der Waals surface area contributed by atoms with Crippen LogP contribution in [-0.4, -0.2) is 42.1 Å². The second-order valence-corrected chi connectivity index (χ2v) is 7.37. The van der Waals surface area contributed by atoms with Gasteiger partial charge in [0.15, 0.2) is 5.79 Å². The van der Waals surface area contributed by atoms with Gasteiger partial charge in [-0.25, -0.2) is 4.98 Å². The molecule has 0 unspecified atom stereocenters. The quantitative estimate of drug-likeness (QED) is 0.887. The fraction of sp³-hybridized carbons (Fsp3) is 0.524. The fourth-order valence-corrected chi connectivity index (χ4v) is 3.95. The lowest BCUT2D eigenvalue weighted by atomic mass is 10.0. The lowest BCUT2D eigenvalue weighted by Gasteiger charge is -2.38. The summed E-state index contributed by atoms with van der Waals surface area (Å²) in [6.45, 7) is 9.46. The first-order valence-corrected chi connectivity index (χ1v) is 9.83. The number of nitrogens with one attached hydrogen (secondary N) is 1. The normalized spacial score (nSPS) is 18.9. The summed E-state index contributed by atoms with van der Waals surface area (Å²) in [7, 11) is 0. The van der Waals surface area contributed by atoms with Gasteiger partial charge in [-0.05, 0) is 31.4 Å². The number of para-hydroxylation sites is 1. The van der Waals surface area contributed by atoms with E-state index in [1.165, 1.54) is 11.1 Å². The minimum atomic E-state index is -0.364. The van der Waals surface area contributed by atoms with Gasteiger partial charge in [-0.1, -0.05) is 25.1 Å². The van der Waals surface area contributed by atoms with E-state index in [9.17, 15) is 0 Å². The number of rotatable bonds is 4. The van der Waals surface area contributed by atoms with Crippen molar-refractivity contribution in [1.82, 2.24) is 9.97 Å². The van der Waals surface area contributed by atoms with Crippen molar-refractivity contribution < 1.29 is 9.47 Å². The fourth-order valence-electron chi connectivity index (χ4n) is 3.95. The van der Waals surface area contributed by atoms with Crippen LogP contribution < -0.4 is 10.2 Å². The predicted molar refractivity (Wildman–Crippen MR) is 107 cm³/mol. The van der Waals surface area contributed by atoms with E-state index in [1.807, 2.05) is 6.92 Å². The minimum absolute atomic E-state index is 0.364. The molecule has 1 N–H and O–H groups in total. The smallest absolute Gasteiger partial charge is 0.229 e. The Labute approximate surface area is 160 Å². The molecule has 2 aliphatic rings. The molecule has 1 aromatic carbocycles. The van der Waals surface area contributed by atoms with Crippen molar-refractivity contribution in [1.29, 1.82) is 0 Å². The molecule has 0 radical (unpaired) electrons. The second-order valence-electron chi connectivity index (χ2n) is 7.37. The Morgan fingerprint density at radius 3 is 2.56 bits per heavy atom. The molecule has 0 atom stereocenters. The number of nitrogens with zero attached hydrogens (tertiary/aromatic N) is 3. The van der Waals surface area contributed by atoms with Crippen molar-refractivity contribution in [3.8, 4) is 0 Å². The molecule has 1 spiro atoms. The molecule has 0 bridgehead atoms. The van der Waals surface area contributed by atoms with E-state index in [-0.39, 0.29) is 5.79 Å².